The van der Waals surface area contributed by atoms with Gasteiger partial charge in [-0.3, -0.25) is 0 Å². The molecule has 0 fully saturated rings. The van der Waals surface area contributed by atoms with Crippen LogP contribution in [-0.4, -0.2) is 11.9 Å². The number of rotatable bonds is 1. The van der Waals surface area contributed by atoms with Crippen molar-refractivity contribution in [3.8, 4) is 0 Å². The third-order valence-electron chi connectivity index (χ3n) is 1.95. The Morgan fingerprint density at radius 2 is 1.92 bits per heavy atom. The molecule has 0 spiro atoms. The average Bonchev–Trinajstić information content (AvgIpc) is 2.20. The van der Waals surface area contributed by atoms with Gasteiger partial charge in [-0.15, -0.1) is 0 Å². The van der Waals surface area contributed by atoms with Crippen LogP contribution in [0.2, 0.25) is 0 Å². The van der Waals surface area contributed by atoms with Crippen molar-refractivity contribution in [1.29, 1.82) is 0 Å². The fourth-order valence-electron chi connectivity index (χ4n) is 1.26. The first-order valence-electron chi connectivity index (χ1n) is 4.20. The third-order valence-corrected chi connectivity index (χ3v) is 1.95. The molecule has 1 aliphatic heterocycles. The van der Waals surface area contributed by atoms with Gasteiger partial charge in [0.1, 0.15) is 5.82 Å². The number of benzene rings is 1. The van der Waals surface area contributed by atoms with Gasteiger partial charge in [0.25, 0.3) is 0 Å². The summed E-state index contributed by atoms with van der Waals surface area (Å²) in [6.07, 6.45) is 3.58. The highest BCUT2D eigenvalue weighted by molar-refractivity contribution is 6.02. The van der Waals surface area contributed by atoms with Crippen LogP contribution in [0.5, 0.6) is 0 Å². The van der Waals surface area contributed by atoms with Gasteiger partial charge in [-0.25, -0.2) is 4.39 Å². The molecule has 0 radical (unpaired) electrons. The molecule has 1 aromatic carbocycles. The summed E-state index contributed by atoms with van der Waals surface area (Å²) in [6, 6.07) is 6.34. The van der Waals surface area contributed by atoms with E-state index in [0.717, 1.165) is 24.1 Å². The van der Waals surface area contributed by atoms with Crippen LogP contribution in [-0.2, 0) is 0 Å². The molecule has 66 valence electrons. The number of halogens is 1. The van der Waals surface area contributed by atoms with E-state index in [-0.39, 0.29) is 5.82 Å². The van der Waals surface area contributed by atoms with Gasteiger partial charge in [-0.1, -0.05) is 12.1 Å². The van der Waals surface area contributed by atoms with Gasteiger partial charge in [0.2, 0.25) is 0 Å². The third kappa shape index (κ3) is 1.80. The van der Waals surface area contributed by atoms with Crippen molar-refractivity contribution in [2.75, 3.05) is 0 Å². The van der Waals surface area contributed by atoms with E-state index in [9.17, 15) is 4.39 Å². The highest BCUT2D eigenvalue weighted by Gasteiger charge is 2.05. The summed E-state index contributed by atoms with van der Waals surface area (Å²) in [5.74, 6) is -0.219. The summed E-state index contributed by atoms with van der Waals surface area (Å²) < 4.78 is 12.6. The zero-order valence-electron chi connectivity index (χ0n) is 7.07. The van der Waals surface area contributed by atoms with E-state index in [0.29, 0.717) is 0 Å². The van der Waals surface area contributed by atoms with Gasteiger partial charge in [-0.05, 0) is 30.5 Å². The highest BCUT2D eigenvalue weighted by Crippen LogP contribution is 2.10. The summed E-state index contributed by atoms with van der Waals surface area (Å²) in [6.45, 7) is 0. The lowest BCUT2D eigenvalue weighted by Crippen LogP contribution is -2.03. The monoisotopic (exact) mass is 176 g/mol. The molecule has 0 N–H and O–H groups in total. The molecule has 2 rings (SSSR count). The van der Waals surface area contributed by atoms with Crippen LogP contribution in [0, 0.1) is 5.82 Å². The summed E-state index contributed by atoms with van der Waals surface area (Å²) >= 11 is 0. The quantitative estimate of drug-likeness (QED) is 0.627. The Balaban J connectivity index is 2.30. The lowest BCUT2D eigenvalue weighted by atomic mass is 10.1. The molecule has 13 heavy (non-hydrogen) atoms. The maximum Gasteiger partial charge on any atom is 0.123 e. The number of nitrogens with zero attached hydrogens (tertiary/aromatic N) is 2. The minimum absolute atomic E-state index is 0.219. The van der Waals surface area contributed by atoms with Crippen molar-refractivity contribution in [2.24, 2.45) is 10.2 Å². The van der Waals surface area contributed by atoms with Crippen LogP contribution in [0.4, 0.5) is 4.39 Å². The van der Waals surface area contributed by atoms with Crippen molar-refractivity contribution >= 4 is 11.9 Å². The van der Waals surface area contributed by atoms with E-state index in [1.54, 1.807) is 18.3 Å². The van der Waals surface area contributed by atoms with E-state index in [4.69, 9.17) is 0 Å². The van der Waals surface area contributed by atoms with Crippen molar-refractivity contribution in [3.63, 3.8) is 0 Å². The fourth-order valence-corrected chi connectivity index (χ4v) is 1.26. The molecule has 0 bridgehead atoms. The first kappa shape index (κ1) is 8.10. The van der Waals surface area contributed by atoms with Gasteiger partial charge in [0, 0.05) is 6.21 Å². The normalized spacial score (nSPS) is 15.6. The lowest BCUT2D eigenvalue weighted by Gasteiger charge is -2.05. The Labute approximate surface area is 75.8 Å². The van der Waals surface area contributed by atoms with Gasteiger partial charge < -0.3 is 0 Å². The molecule has 0 aliphatic carbocycles. The second-order valence-corrected chi connectivity index (χ2v) is 2.89. The largest absolute Gasteiger partial charge is 0.207 e. The summed E-state index contributed by atoms with van der Waals surface area (Å²) in [5.41, 5.74) is 1.89. The molecule has 0 unspecified atom stereocenters. The first-order chi connectivity index (χ1) is 6.36. The molecule has 2 nitrogen and oxygen atoms in total. The molecule has 0 amide bonds. The molecule has 1 aliphatic rings. The van der Waals surface area contributed by atoms with Gasteiger partial charge in [0.15, 0.2) is 0 Å². The van der Waals surface area contributed by atoms with Crippen LogP contribution >= 0.6 is 0 Å². The predicted molar refractivity (Wildman–Crippen MR) is 50.7 cm³/mol. The molecule has 1 aromatic rings. The Morgan fingerprint density at radius 1 is 1.15 bits per heavy atom. The van der Waals surface area contributed by atoms with Crippen molar-refractivity contribution in [3.05, 3.63) is 35.6 Å². The zero-order chi connectivity index (χ0) is 9.10. The molecule has 0 atom stereocenters. The molecule has 3 heteroatoms. The second kappa shape index (κ2) is 3.47. The summed E-state index contributed by atoms with van der Waals surface area (Å²) in [7, 11) is 0. The maximum absolute atomic E-state index is 12.6. The molecule has 0 saturated heterocycles. The van der Waals surface area contributed by atoms with Crippen molar-refractivity contribution < 1.29 is 4.39 Å². The van der Waals surface area contributed by atoms with Crippen LogP contribution in [0.1, 0.15) is 18.4 Å². The standard InChI is InChI=1S/C10H9FN2/c11-9-5-3-8(4-6-9)10-2-1-7-12-13-10/h3-7H,1-2H2. The SMILES string of the molecule is Fc1ccc(C2=NN=CCC2)cc1. The molecular formula is C10H9FN2. The van der Waals surface area contributed by atoms with Crippen molar-refractivity contribution in [2.45, 2.75) is 12.8 Å². The van der Waals surface area contributed by atoms with Crippen LogP contribution in [0.15, 0.2) is 34.5 Å². The Kier molecular flexibility index (Phi) is 2.17. The Hall–Kier alpha value is -1.51. The topological polar surface area (TPSA) is 24.7 Å². The highest BCUT2D eigenvalue weighted by atomic mass is 19.1. The number of hydrogen-bond acceptors (Lipinski definition) is 2. The predicted octanol–water partition coefficient (Wildman–Crippen LogP) is 2.39. The van der Waals surface area contributed by atoms with Crippen LogP contribution in [0.25, 0.3) is 0 Å². The minimum atomic E-state index is -0.219. The number of hydrogen-bond donors (Lipinski definition) is 0. The van der Waals surface area contributed by atoms with E-state index in [1.165, 1.54) is 12.1 Å². The van der Waals surface area contributed by atoms with Gasteiger partial charge in [0.05, 0.1) is 5.71 Å². The minimum Gasteiger partial charge on any atom is -0.207 e. The van der Waals surface area contributed by atoms with Crippen LogP contribution < -0.4 is 0 Å². The summed E-state index contributed by atoms with van der Waals surface area (Å²) in [5, 5.41) is 7.82. The summed E-state index contributed by atoms with van der Waals surface area (Å²) in [4.78, 5) is 0. The lowest BCUT2D eigenvalue weighted by molar-refractivity contribution is 0.627. The maximum atomic E-state index is 12.6. The van der Waals surface area contributed by atoms with E-state index < -0.39 is 0 Å². The molecular weight excluding hydrogens is 167 g/mol. The van der Waals surface area contributed by atoms with Gasteiger partial charge >= 0.3 is 0 Å². The molecule has 0 saturated carbocycles. The fraction of sp³-hybridized carbons (Fsp3) is 0.200. The first-order valence-corrected chi connectivity index (χ1v) is 4.20. The van der Waals surface area contributed by atoms with E-state index in [1.807, 2.05) is 0 Å². The molecule has 1 heterocycles. The van der Waals surface area contributed by atoms with Gasteiger partial charge in [-0.2, -0.15) is 10.2 Å². The Morgan fingerprint density at radius 3 is 2.54 bits per heavy atom. The Bertz CT molecular complexity index is 352. The van der Waals surface area contributed by atoms with E-state index >= 15 is 0 Å². The smallest absolute Gasteiger partial charge is 0.123 e. The van der Waals surface area contributed by atoms with Crippen LogP contribution in [0.3, 0.4) is 0 Å². The van der Waals surface area contributed by atoms with Crippen molar-refractivity contribution in [1.82, 2.24) is 0 Å². The van der Waals surface area contributed by atoms with E-state index in [2.05, 4.69) is 10.2 Å². The second-order valence-electron chi connectivity index (χ2n) is 2.89. The average molecular weight is 176 g/mol. The zero-order valence-corrected chi connectivity index (χ0v) is 7.07. The molecule has 0 aromatic heterocycles.